The molecule has 3 atom stereocenters. The van der Waals surface area contributed by atoms with Gasteiger partial charge in [0, 0.05) is 19.0 Å². The molecule has 1 aliphatic rings. The second-order valence-corrected chi connectivity index (χ2v) is 5.13. The highest BCUT2D eigenvalue weighted by molar-refractivity contribution is 5.98. The van der Waals surface area contributed by atoms with Gasteiger partial charge in [-0.2, -0.15) is 0 Å². The Kier molecular flexibility index (Phi) is 3.74. The number of piperidine rings is 1. The third-order valence-corrected chi connectivity index (χ3v) is 3.91. The number of rotatable bonds is 2. The molecule has 0 aliphatic carbocycles. The molecule has 1 saturated heterocycles. The molecule has 1 aromatic rings. The van der Waals surface area contributed by atoms with Gasteiger partial charge in [0.15, 0.2) is 11.6 Å². The van der Waals surface area contributed by atoms with E-state index in [0.29, 0.717) is 12.0 Å². The molecule has 1 fully saturated rings. The fourth-order valence-electron chi connectivity index (χ4n) is 2.62. The lowest BCUT2D eigenvalue weighted by molar-refractivity contribution is -0.155. The average molecular weight is 283 g/mol. The molecule has 0 bridgehead atoms. The van der Waals surface area contributed by atoms with Gasteiger partial charge in [0.2, 0.25) is 5.91 Å². The molecule has 1 heterocycles. The molecule has 0 radical (unpaired) electrons. The van der Waals surface area contributed by atoms with Crippen LogP contribution in [-0.2, 0) is 9.59 Å². The van der Waals surface area contributed by atoms with Crippen LogP contribution in [0.5, 0.6) is 0 Å². The number of carboxylic acid groups (broad SMARTS) is 1. The molecule has 0 aromatic heterocycles. The van der Waals surface area contributed by atoms with E-state index in [2.05, 4.69) is 0 Å². The molecule has 0 unspecified atom stereocenters. The van der Waals surface area contributed by atoms with Crippen molar-refractivity contribution in [3.8, 4) is 0 Å². The fraction of sp³-hybridized carbons (Fsp3) is 0.429. The lowest BCUT2D eigenvalue weighted by Crippen LogP contribution is -2.50. The minimum absolute atomic E-state index is 0.156. The van der Waals surface area contributed by atoms with Crippen LogP contribution in [0.2, 0.25) is 0 Å². The van der Waals surface area contributed by atoms with Gasteiger partial charge in [-0.1, -0.05) is 6.07 Å². The summed E-state index contributed by atoms with van der Waals surface area (Å²) in [6, 6.07) is 3.11. The van der Waals surface area contributed by atoms with Gasteiger partial charge in [-0.05, 0) is 31.0 Å². The van der Waals surface area contributed by atoms with Gasteiger partial charge in [0.25, 0.3) is 0 Å². The average Bonchev–Trinajstić information content (AvgIpc) is 2.38. The monoisotopic (exact) mass is 283 g/mol. The zero-order chi connectivity index (χ0) is 15.0. The number of aliphatic carboxylic acids is 1. The molecule has 20 heavy (non-hydrogen) atoms. The Bertz CT molecular complexity index is 561. The van der Waals surface area contributed by atoms with Crippen molar-refractivity contribution in [2.45, 2.75) is 25.3 Å². The van der Waals surface area contributed by atoms with Crippen molar-refractivity contribution in [2.75, 3.05) is 7.05 Å². The number of amides is 1. The van der Waals surface area contributed by atoms with Gasteiger partial charge in [-0.15, -0.1) is 0 Å². The molecule has 1 N–H and O–H groups in total. The van der Waals surface area contributed by atoms with Gasteiger partial charge in [-0.3, -0.25) is 9.59 Å². The molecule has 4 nitrogen and oxygen atoms in total. The minimum Gasteiger partial charge on any atom is -0.481 e. The summed E-state index contributed by atoms with van der Waals surface area (Å²) in [6.07, 6.45) is 0.393. The van der Waals surface area contributed by atoms with Crippen LogP contribution in [0.1, 0.15) is 24.8 Å². The predicted octanol–water partition coefficient (Wildman–Crippen LogP) is 2.00. The summed E-state index contributed by atoms with van der Waals surface area (Å²) >= 11 is 0. The summed E-state index contributed by atoms with van der Waals surface area (Å²) in [5, 5.41) is 9.25. The van der Waals surface area contributed by atoms with E-state index in [1.54, 1.807) is 14.0 Å². The van der Waals surface area contributed by atoms with Crippen LogP contribution in [0.4, 0.5) is 8.78 Å². The molecule has 1 aliphatic heterocycles. The van der Waals surface area contributed by atoms with E-state index in [1.165, 1.54) is 11.0 Å². The van der Waals surface area contributed by atoms with Crippen LogP contribution in [0, 0.1) is 17.6 Å². The second-order valence-electron chi connectivity index (χ2n) is 5.13. The van der Waals surface area contributed by atoms with Gasteiger partial charge in [0.05, 0.1) is 0 Å². The normalized spacial score (nSPS) is 26.7. The van der Waals surface area contributed by atoms with Crippen molar-refractivity contribution in [3.63, 3.8) is 0 Å². The number of benzene rings is 1. The minimum atomic E-state index is -1.26. The number of carbonyl (C=O) groups is 2. The highest BCUT2D eigenvalue weighted by atomic mass is 19.2. The highest BCUT2D eigenvalue weighted by Crippen LogP contribution is 2.36. The summed E-state index contributed by atoms with van der Waals surface area (Å²) in [4.78, 5) is 24.8. The maximum Gasteiger partial charge on any atom is 0.316 e. The largest absolute Gasteiger partial charge is 0.481 e. The van der Waals surface area contributed by atoms with Gasteiger partial charge < -0.3 is 10.0 Å². The van der Waals surface area contributed by atoms with E-state index < -0.39 is 35.3 Å². The summed E-state index contributed by atoms with van der Waals surface area (Å²) < 4.78 is 26.3. The maximum absolute atomic E-state index is 13.3. The molecule has 2 rings (SSSR count). The first-order valence-corrected chi connectivity index (χ1v) is 6.27. The molecule has 1 aromatic carbocycles. The third-order valence-electron chi connectivity index (χ3n) is 3.91. The predicted molar refractivity (Wildman–Crippen MR) is 67.1 cm³/mol. The Morgan fingerprint density at radius 1 is 1.35 bits per heavy atom. The van der Waals surface area contributed by atoms with E-state index in [1.807, 2.05) is 0 Å². The molecular weight excluding hydrogens is 268 g/mol. The second kappa shape index (κ2) is 5.19. The molecule has 0 spiro atoms. The Morgan fingerprint density at radius 3 is 2.55 bits per heavy atom. The SMILES string of the molecule is C[C@H]1C[C@H](c2ccc(F)c(F)c2)[C@@H](C(=O)O)C(=O)N1C. The summed E-state index contributed by atoms with van der Waals surface area (Å²) in [5.41, 5.74) is 0.338. The van der Waals surface area contributed by atoms with Crippen LogP contribution >= 0.6 is 0 Å². The number of hydrogen-bond acceptors (Lipinski definition) is 2. The number of hydrogen-bond donors (Lipinski definition) is 1. The molecule has 1 amide bonds. The molecule has 108 valence electrons. The lowest BCUT2D eigenvalue weighted by Gasteiger charge is -2.38. The number of halogens is 2. The number of likely N-dealkylation sites (tertiary alicyclic amines) is 1. The zero-order valence-corrected chi connectivity index (χ0v) is 11.1. The Labute approximate surface area is 115 Å². The van der Waals surface area contributed by atoms with Crippen LogP contribution in [0.3, 0.4) is 0 Å². The smallest absolute Gasteiger partial charge is 0.316 e. The van der Waals surface area contributed by atoms with E-state index in [4.69, 9.17) is 0 Å². The van der Waals surface area contributed by atoms with Crippen LogP contribution in [0.25, 0.3) is 0 Å². The van der Waals surface area contributed by atoms with Crippen molar-refractivity contribution in [1.82, 2.24) is 4.90 Å². The number of carbonyl (C=O) groups excluding carboxylic acids is 1. The van der Waals surface area contributed by atoms with E-state index in [-0.39, 0.29) is 6.04 Å². The topological polar surface area (TPSA) is 57.6 Å². The Hall–Kier alpha value is -1.98. The number of carboxylic acids is 1. The van der Waals surface area contributed by atoms with Crippen molar-refractivity contribution in [2.24, 2.45) is 5.92 Å². The molecular formula is C14H15F2NO3. The molecule has 0 saturated carbocycles. The highest BCUT2D eigenvalue weighted by Gasteiger charge is 2.43. The first kappa shape index (κ1) is 14.4. The summed E-state index contributed by atoms with van der Waals surface area (Å²) in [5.74, 6) is -5.70. The number of nitrogens with zero attached hydrogens (tertiary/aromatic N) is 1. The first-order valence-electron chi connectivity index (χ1n) is 6.27. The van der Waals surface area contributed by atoms with E-state index in [0.717, 1.165) is 12.1 Å². The van der Waals surface area contributed by atoms with Crippen LogP contribution < -0.4 is 0 Å². The quantitative estimate of drug-likeness (QED) is 0.845. The third kappa shape index (κ3) is 2.37. The van der Waals surface area contributed by atoms with Crippen molar-refractivity contribution >= 4 is 11.9 Å². The first-order chi connectivity index (χ1) is 9.32. The van der Waals surface area contributed by atoms with Gasteiger partial charge >= 0.3 is 5.97 Å². The maximum atomic E-state index is 13.3. The van der Waals surface area contributed by atoms with Crippen molar-refractivity contribution in [1.29, 1.82) is 0 Å². The summed E-state index contributed by atoms with van der Waals surface area (Å²) in [7, 11) is 1.55. The standard InChI is InChI=1S/C14H15F2NO3/c1-7-5-9(8-3-4-10(15)11(16)6-8)12(14(19)20)13(18)17(7)2/h3-4,6-7,9,12H,5H2,1-2H3,(H,19,20)/t7-,9+,12+/m0/s1. The van der Waals surface area contributed by atoms with Crippen LogP contribution in [-0.4, -0.2) is 35.0 Å². The van der Waals surface area contributed by atoms with Gasteiger partial charge in [0.1, 0.15) is 5.92 Å². The summed E-state index contributed by atoms with van der Waals surface area (Å²) in [6.45, 7) is 1.79. The van der Waals surface area contributed by atoms with Gasteiger partial charge in [-0.25, -0.2) is 8.78 Å². The Morgan fingerprint density at radius 2 is 2.00 bits per heavy atom. The molecule has 6 heteroatoms. The lowest BCUT2D eigenvalue weighted by atomic mass is 9.77. The zero-order valence-electron chi connectivity index (χ0n) is 11.1. The van der Waals surface area contributed by atoms with Crippen molar-refractivity contribution < 1.29 is 23.5 Å². The van der Waals surface area contributed by atoms with Crippen molar-refractivity contribution in [3.05, 3.63) is 35.4 Å². The Balaban J connectivity index is 2.43. The van der Waals surface area contributed by atoms with E-state index >= 15 is 0 Å². The van der Waals surface area contributed by atoms with Crippen LogP contribution in [0.15, 0.2) is 18.2 Å². The van der Waals surface area contributed by atoms with E-state index in [9.17, 15) is 23.5 Å². The fourth-order valence-corrected chi connectivity index (χ4v) is 2.62.